The average Bonchev–Trinajstić information content (AvgIpc) is 1.33. The van der Waals surface area contributed by atoms with Crippen molar-refractivity contribution in [3.63, 3.8) is 0 Å². The SMILES string of the molecule is O=C1CS(=O)C1. The molecule has 0 N–H and O–H groups in total. The van der Waals surface area contributed by atoms with Crippen LogP contribution in [-0.2, 0) is 15.6 Å². The molecule has 1 fully saturated rings. The average molecular weight is 104 g/mol. The van der Waals surface area contributed by atoms with E-state index < -0.39 is 10.8 Å². The Balaban J connectivity index is 2.47. The van der Waals surface area contributed by atoms with Crippen molar-refractivity contribution in [3.05, 3.63) is 0 Å². The van der Waals surface area contributed by atoms with E-state index in [4.69, 9.17) is 0 Å². The Morgan fingerprint density at radius 1 is 1.50 bits per heavy atom. The highest BCUT2D eigenvalue weighted by atomic mass is 32.2. The summed E-state index contributed by atoms with van der Waals surface area (Å²) in [6.45, 7) is 0. The Morgan fingerprint density at radius 2 is 2.00 bits per heavy atom. The number of ketones is 1. The molecule has 0 saturated carbocycles. The molecule has 3 heteroatoms. The van der Waals surface area contributed by atoms with Gasteiger partial charge in [-0.3, -0.25) is 9.00 Å². The summed E-state index contributed by atoms with van der Waals surface area (Å²) < 4.78 is 10.0. The van der Waals surface area contributed by atoms with Crippen molar-refractivity contribution < 1.29 is 9.00 Å². The van der Waals surface area contributed by atoms with Crippen LogP contribution in [0.4, 0.5) is 0 Å². The monoisotopic (exact) mass is 104 g/mol. The van der Waals surface area contributed by atoms with Crippen LogP contribution >= 0.6 is 0 Å². The summed E-state index contributed by atoms with van der Waals surface area (Å²) in [6.07, 6.45) is 0. The van der Waals surface area contributed by atoms with E-state index in [1.54, 1.807) is 0 Å². The smallest absolute Gasteiger partial charge is 0.157 e. The molecule has 0 atom stereocenters. The highest BCUT2D eigenvalue weighted by molar-refractivity contribution is 7.89. The Hall–Kier alpha value is -0.180. The van der Waals surface area contributed by atoms with Gasteiger partial charge in [-0.05, 0) is 0 Å². The summed E-state index contributed by atoms with van der Waals surface area (Å²) in [7, 11) is -0.772. The van der Waals surface area contributed by atoms with E-state index in [1.807, 2.05) is 0 Å². The largest absolute Gasteiger partial charge is 0.298 e. The van der Waals surface area contributed by atoms with Gasteiger partial charge in [-0.1, -0.05) is 0 Å². The molecular weight excluding hydrogens is 100 g/mol. The van der Waals surface area contributed by atoms with Gasteiger partial charge in [0.05, 0.1) is 11.5 Å². The van der Waals surface area contributed by atoms with E-state index in [9.17, 15) is 9.00 Å². The van der Waals surface area contributed by atoms with Crippen LogP contribution in [0.3, 0.4) is 0 Å². The molecule has 34 valence electrons. The quantitative estimate of drug-likeness (QED) is 0.408. The van der Waals surface area contributed by atoms with Gasteiger partial charge < -0.3 is 0 Å². The van der Waals surface area contributed by atoms with Gasteiger partial charge in [0.25, 0.3) is 0 Å². The summed E-state index contributed by atoms with van der Waals surface area (Å²) in [5.41, 5.74) is 0. The first-order valence-corrected chi connectivity index (χ1v) is 3.14. The predicted octanol–water partition coefficient (Wildman–Crippen LogP) is -0.682. The zero-order valence-electron chi connectivity index (χ0n) is 3.14. The van der Waals surface area contributed by atoms with E-state index in [1.165, 1.54) is 0 Å². The van der Waals surface area contributed by atoms with Crippen LogP contribution in [0.25, 0.3) is 0 Å². The first-order valence-electron chi connectivity index (χ1n) is 1.66. The maximum atomic E-state index is 10.0. The van der Waals surface area contributed by atoms with Crippen LogP contribution in [0, 0.1) is 0 Å². The van der Waals surface area contributed by atoms with Gasteiger partial charge in [-0.25, -0.2) is 0 Å². The number of hydrogen-bond donors (Lipinski definition) is 0. The molecule has 2 nitrogen and oxygen atoms in total. The minimum atomic E-state index is -0.772. The van der Waals surface area contributed by atoms with Crippen molar-refractivity contribution in [1.82, 2.24) is 0 Å². The number of hydrogen-bond acceptors (Lipinski definition) is 2. The fourth-order valence-corrected chi connectivity index (χ4v) is 0.951. The summed E-state index contributed by atoms with van der Waals surface area (Å²) in [5.74, 6) is 0.744. The van der Waals surface area contributed by atoms with Gasteiger partial charge in [0, 0.05) is 10.8 Å². The van der Waals surface area contributed by atoms with Gasteiger partial charge in [-0.15, -0.1) is 0 Å². The lowest BCUT2D eigenvalue weighted by atomic mass is 10.5. The highest BCUT2D eigenvalue weighted by Crippen LogP contribution is 1.95. The zero-order valence-corrected chi connectivity index (χ0v) is 3.96. The minimum Gasteiger partial charge on any atom is -0.298 e. The number of Topliss-reactive ketones (excluding diaryl/α,β-unsaturated/α-hetero) is 1. The molecule has 0 radical (unpaired) electrons. The molecule has 6 heavy (non-hydrogen) atoms. The normalized spacial score (nSPS) is 23.7. The van der Waals surface area contributed by atoms with Crippen LogP contribution < -0.4 is 0 Å². The Labute approximate surface area is 38.0 Å². The molecule has 0 amide bonds. The van der Waals surface area contributed by atoms with E-state index in [-0.39, 0.29) is 5.78 Å². The first-order chi connectivity index (χ1) is 2.79. The third-order valence-electron chi connectivity index (χ3n) is 0.644. The van der Waals surface area contributed by atoms with Crippen molar-refractivity contribution in [2.45, 2.75) is 0 Å². The van der Waals surface area contributed by atoms with Crippen LogP contribution in [-0.4, -0.2) is 21.5 Å². The van der Waals surface area contributed by atoms with Crippen molar-refractivity contribution in [1.29, 1.82) is 0 Å². The first kappa shape index (κ1) is 3.99. The van der Waals surface area contributed by atoms with E-state index in [2.05, 4.69) is 0 Å². The van der Waals surface area contributed by atoms with Gasteiger partial charge in [0.2, 0.25) is 0 Å². The lowest BCUT2D eigenvalue weighted by Gasteiger charge is -2.05. The summed E-state index contributed by atoms with van der Waals surface area (Å²) in [6, 6.07) is 0. The van der Waals surface area contributed by atoms with Gasteiger partial charge in [0.1, 0.15) is 0 Å². The molecule has 1 rings (SSSR count). The van der Waals surface area contributed by atoms with E-state index in [0.29, 0.717) is 11.5 Å². The number of carbonyl (C=O) groups excluding carboxylic acids is 1. The van der Waals surface area contributed by atoms with Crippen molar-refractivity contribution in [3.8, 4) is 0 Å². The van der Waals surface area contributed by atoms with Crippen molar-refractivity contribution in [2.24, 2.45) is 0 Å². The topological polar surface area (TPSA) is 34.1 Å². The third kappa shape index (κ3) is 0.497. The van der Waals surface area contributed by atoms with Gasteiger partial charge >= 0.3 is 0 Å². The Bertz CT molecular complexity index is 85.4. The van der Waals surface area contributed by atoms with Crippen LogP contribution in [0.5, 0.6) is 0 Å². The highest BCUT2D eigenvalue weighted by Gasteiger charge is 2.20. The second kappa shape index (κ2) is 1.15. The van der Waals surface area contributed by atoms with Gasteiger partial charge in [-0.2, -0.15) is 0 Å². The third-order valence-corrected chi connectivity index (χ3v) is 1.93. The molecule has 1 heterocycles. The number of carbonyl (C=O) groups is 1. The predicted molar refractivity (Wildman–Crippen MR) is 22.9 cm³/mol. The zero-order chi connectivity index (χ0) is 4.57. The molecule has 0 bridgehead atoms. The van der Waals surface area contributed by atoms with Crippen LogP contribution in [0.2, 0.25) is 0 Å². The second-order valence-corrected chi connectivity index (χ2v) is 2.72. The molecular formula is C3H4O2S. The van der Waals surface area contributed by atoms with Crippen molar-refractivity contribution >= 4 is 16.6 Å². The molecule has 1 saturated heterocycles. The summed E-state index contributed by atoms with van der Waals surface area (Å²) in [4.78, 5) is 9.92. The minimum absolute atomic E-state index is 0.133. The maximum Gasteiger partial charge on any atom is 0.157 e. The van der Waals surface area contributed by atoms with E-state index in [0.717, 1.165) is 0 Å². The standard InChI is InChI=1S/C3H4O2S/c4-3-1-6(5)2-3/h1-2H2. The Kier molecular flexibility index (Phi) is 0.765. The molecule has 0 aromatic carbocycles. The molecule has 0 aromatic rings. The van der Waals surface area contributed by atoms with Gasteiger partial charge in [0.15, 0.2) is 5.78 Å². The second-order valence-electron chi connectivity index (χ2n) is 1.27. The molecule has 0 spiro atoms. The molecule has 1 aliphatic heterocycles. The summed E-state index contributed by atoms with van der Waals surface area (Å²) >= 11 is 0. The fraction of sp³-hybridized carbons (Fsp3) is 0.667. The van der Waals surface area contributed by atoms with E-state index >= 15 is 0 Å². The fourth-order valence-electron chi connectivity index (χ4n) is 0.317. The number of rotatable bonds is 0. The van der Waals surface area contributed by atoms with Crippen LogP contribution in [0.1, 0.15) is 0 Å². The maximum absolute atomic E-state index is 10.0. The molecule has 0 aromatic heterocycles. The lowest BCUT2D eigenvalue weighted by Crippen LogP contribution is -2.30. The summed E-state index contributed by atoms with van der Waals surface area (Å²) in [5, 5.41) is 0. The molecule has 0 unspecified atom stereocenters. The molecule has 1 aliphatic rings. The molecule has 0 aliphatic carbocycles. The van der Waals surface area contributed by atoms with Crippen molar-refractivity contribution in [2.75, 3.05) is 11.5 Å². The lowest BCUT2D eigenvalue weighted by molar-refractivity contribution is -0.115. The Morgan fingerprint density at radius 3 is 2.00 bits per heavy atom. The van der Waals surface area contributed by atoms with Crippen LogP contribution in [0.15, 0.2) is 0 Å².